The predicted molar refractivity (Wildman–Crippen MR) is 83.9 cm³/mol. The first-order valence-electron chi connectivity index (χ1n) is 7.52. The summed E-state index contributed by atoms with van der Waals surface area (Å²) < 4.78 is 5.36. The molecule has 0 aliphatic carbocycles. The molecule has 1 atom stereocenters. The number of ether oxygens (including phenoxy) is 1. The molecule has 0 aromatic heterocycles. The zero-order valence-electron chi connectivity index (χ0n) is 12.4. The Morgan fingerprint density at radius 3 is 2.59 bits per heavy atom. The Kier molecular flexibility index (Phi) is 4.46. The van der Waals surface area contributed by atoms with Gasteiger partial charge < -0.3 is 14.5 Å². The number of rotatable bonds is 4. The molecule has 1 unspecified atom stereocenters. The van der Waals surface area contributed by atoms with E-state index in [1.807, 2.05) is 12.1 Å². The quantitative estimate of drug-likeness (QED) is 0.485. The molecular weight excluding hydrogens is 282 g/mol. The van der Waals surface area contributed by atoms with Gasteiger partial charge in [0.15, 0.2) is 0 Å². The highest BCUT2D eigenvalue weighted by Crippen LogP contribution is 2.27. The standard InChI is InChI=1S/C15H19N5O2/c16-18-17-10-12-9-15(21)20(11-12)14-3-1-13(2-4-14)19-5-7-22-8-6-19/h1-4,12H,5-11H2. The van der Waals surface area contributed by atoms with E-state index in [0.717, 1.165) is 37.7 Å². The van der Waals surface area contributed by atoms with Gasteiger partial charge >= 0.3 is 0 Å². The van der Waals surface area contributed by atoms with Crippen molar-refractivity contribution in [2.45, 2.75) is 6.42 Å². The van der Waals surface area contributed by atoms with Crippen molar-refractivity contribution in [2.75, 3.05) is 49.2 Å². The second-order valence-corrected chi connectivity index (χ2v) is 5.60. The third kappa shape index (κ3) is 3.16. The van der Waals surface area contributed by atoms with Crippen molar-refractivity contribution in [2.24, 2.45) is 11.0 Å². The van der Waals surface area contributed by atoms with Crippen LogP contribution in [0.15, 0.2) is 29.4 Å². The highest BCUT2D eigenvalue weighted by atomic mass is 16.5. The number of hydrogen-bond donors (Lipinski definition) is 0. The van der Waals surface area contributed by atoms with Gasteiger partial charge in [0, 0.05) is 48.9 Å². The SMILES string of the molecule is [N-]=[N+]=NCC1CC(=O)N(c2ccc(N3CCOCC3)cc2)C1. The van der Waals surface area contributed by atoms with Crippen molar-refractivity contribution < 1.29 is 9.53 Å². The van der Waals surface area contributed by atoms with Crippen LogP contribution in [-0.2, 0) is 9.53 Å². The number of azide groups is 1. The highest BCUT2D eigenvalue weighted by Gasteiger charge is 2.30. The number of morpholine rings is 1. The average molecular weight is 301 g/mol. The van der Waals surface area contributed by atoms with Crippen LogP contribution in [0.1, 0.15) is 6.42 Å². The van der Waals surface area contributed by atoms with E-state index in [9.17, 15) is 4.79 Å². The number of nitrogens with zero attached hydrogens (tertiary/aromatic N) is 5. The van der Waals surface area contributed by atoms with Gasteiger partial charge in [0.25, 0.3) is 0 Å². The lowest BCUT2D eigenvalue weighted by Crippen LogP contribution is -2.36. The molecule has 1 aromatic carbocycles. The van der Waals surface area contributed by atoms with Gasteiger partial charge in [0.1, 0.15) is 0 Å². The summed E-state index contributed by atoms with van der Waals surface area (Å²) in [6.45, 7) is 4.31. The smallest absolute Gasteiger partial charge is 0.227 e. The Morgan fingerprint density at radius 2 is 1.91 bits per heavy atom. The molecule has 116 valence electrons. The molecule has 2 aliphatic rings. The molecule has 2 heterocycles. The number of carbonyl (C=O) groups excluding carboxylic acids is 1. The molecule has 1 amide bonds. The summed E-state index contributed by atoms with van der Waals surface area (Å²) in [6, 6.07) is 8.07. The minimum atomic E-state index is 0.0947. The van der Waals surface area contributed by atoms with E-state index < -0.39 is 0 Å². The summed E-state index contributed by atoms with van der Waals surface area (Å²) in [5.41, 5.74) is 10.4. The lowest BCUT2D eigenvalue weighted by atomic mass is 10.1. The second-order valence-electron chi connectivity index (χ2n) is 5.60. The Balaban J connectivity index is 1.67. The molecule has 2 saturated heterocycles. The van der Waals surface area contributed by atoms with Crippen LogP contribution in [0.4, 0.5) is 11.4 Å². The molecule has 7 nitrogen and oxygen atoms in total. The van der Waals surface area contributed by atoms with E-state index in [-0.39, 0.29) is 11.8 Å². The number of benzene rings is 1. The molecule has 0 bridgehead atoms. The minimum absolute atomic E-state index is 0.0947. The lowest BCUT2D eigenvalue weighted by molar-refractivity contribution is -0.117. The van der Waals surface area contributed by atoms with Crippen LogP contribution in [0.5, 0.6) is 0 Å². The van der Waals surface area contributed by atoms with E-state index in [1.165, 1.54) is 0 Å². The van der Waals surface area contributed by atoms with Crippen molar-refractivity contribution in [3.8, 4) is 0 Å². The van der Waals surface area contributed by atoms with Gasteiger partial charge in [-0.15, -0.1) is 0 Å². The van der Waals surface area contributed by atoms with Crippen molar-refractivity contribution in [1.29, 1.82) is 0 Å². The molecule has 0 radical (unpaired) electrons. The van der Waals surface area contributed by atoms with Crippen LogP contribution in [0.2, 0.25) is 0 Å². The van der Waals surface area contributed by atoms with E-state index in [2.05, 4.69) is 27.1 Å². The number of amides is 1. The van der Waals surface area contributed by atoms with Gasteiger partial charge in [0.2, 0.25) is 5.91 Å². The van der Waals surface area contributed by atoms with Crippen molar-refractivity contribution in [1.82, 2.24) is 0 Å². The Morgan fingerprint density at radius 1 is 1.23 bits per heavy atom. The van der Waals surface area contributed by atoms with Crippen LogP contribution in [-0.4, -0.2) is 45.3 Å². The molecule has 2 fully saturated rings. The van der Waals surface area contributed by atoms with Crippen LogP contribution in [0.25, 0.3) is 10.4 Å². The zero-order chi connectivity index (χ0) is 15.4. The number of hydrogen-bond acceptors (Lipinski definition) is 4. The average Bonchev–Trinajstić information content (AvgIpc) is 2.95. The number of anilines is 2. The van der Waals surface area contributed by atoms with Crippen molar-refractivity contribution in [3.63, 3.8) is 0 Å². The largest absolute Gasteiger partial charge is 0.378 e. The van der Waals surface area contributed by atoms with Crippen LogP contribution in [0, 0.1) is 5.92 Å². The van der Waals surface area contributed by atoms with E-state index >= 15 is 0 Å². The van der Waals surface area contributed by atoms with E-state index in [4.69, 9.17) is 10.3 Å². The van der Waals surface area contributed by atoms with Crippen LogP contribution >= 0.6 is 0 Å². The molecule has 0 N–H and O–H groups in total. The zero-order valence-corrected chi connectivity index (χ0v) is 12.4. The molecule has 1 aromatic rings. The van der Waals surface area contributed by atoms with Gasteiger partial charge in [-0.05, 0) is 35.7 Å². The summed E-state index contributed by atoms with van der Waals surface area (Å²) >= 11 is 0. The predicted octanol–water partition coefficient (Wildman–Crippen LogP) is 2.19. The van der Waals surface area contributed by atoms with E-state index in [0.29, 0.717) is 19.5 Å². The fraction of sp³-hybridized carbons (Fsp3) is 0.533. The normalized spacial score (nSPS) is 21.8. The summed E-state index contributed by atoms with van der Waals surface area (Å²) in [6.07, 6.45) is 0.449. The Labute approximate surface area is 129 Å². The van der Waals surface area contributed by atoms with Gasteiger partial charge in [-0.25, -0.2) is 0 Å². The first-order valence-corrected chi connectivity index (χ1v) is 7.52. The maximum Gasteiger partial charge on any atom is 0.227 e. The van der Waals surface area contributed by atoms with Crippen LogP contribution < -0.4 is 9.80 Å². The molecule has 0 spiro atoms. The van der Waals surface area contributed by atoms with Crippen molar-refractivity contribution in [3.05, 3.63) is 34.7 Å². The molecular formula is C15H19N5O2. The van der Waals surface area contributed by atoms with E-state index in [1.54, 1.807) is 4.90 Å². The minimum Gasteiger partial charge on any atom is -0.378 e. The molecule has 7 heteroatoms. The Bertz CT molecular complexity index is 576. The first kappa shape index (κ1) is 14.7. The molecule has 22 heavy (non-hydrogen) atoms. The molecule has 0 saturated carbocycles. The number of carbonyl (C=O) groups is 1. The fourth-order valence-corrected chi connectivity index (χ4v) is 2.97. The van der Waals surface area contributed by atoms with Crippen molar-refractivity contribution >= 4 is 17.3 Å². The van der Waals surface area contributed by atoms with Gasteiger partial charge in [-0.3, -0.25) is 4.79 Å². The summed E-state index contributed by atoms with van der Waals surface area (Å²) in [5, 5.41) is 3.57. The first-order chi connectivity index (χ1) is 10.8. The Hall–Kier alpha value is -2.24. The molecule has 3 rings (SSSR count). The highest BCUT2D eigenvalue weighted by molar-refractivity contribution is 5.95. The van der Waals surface area contributed by atoms with Gasteiger partial charge in [0.05, 0.1) is 13.2 Å². The summed E-state index contributed by atoms with van der Waals surface area (Å²) in [4.78, 5) is 18.9. The fourth-order valence-electron chi connectivity index (χ4n) is 2.97. The van der Waals surface area contributed by atoms with Gasteiger partial charge in [-0.1, -0.05) is 5.11 Å². The topological polar surface area (TPSA) is 81.5 Å². The second kappa shape index (κ2) is 6.68. The third-order valence-electron chi connectivity index (χ3n) is 4.15. The van der Waals surface area contributed by atoms with Gasteiger partial charge in [-0.2, -0.15) is 0 Å². The maximum atomic E-state index is 12.1. The summed E-state index contributed by atoms with van der Waals surface area (Å²) in [7, 11) is 0. The summed E-state index contributed by atoms with van der Waals surface area (Å²) in [5.74, 6) is 0.208. The maximum absolute atomic E-state index is 12.1. The third-order valence-corrected chi connectivity index (χ3v) is 4.15. The van der Waals surface area contributed by atoms with Crippen LogP contribution in [0.3, 0.4) is 0 Å². The molecule has 2 aliphatic heterocycles. The lowest BCUT2D eigenvalue weighted by Gasteiger charge is -2.29. The monoisotopic (exact) mass is 301 g/mol.